The van der Waals surface area contributed by atoms with Crippen molar-refractivity contribution in [3.05, 3.63) is 35.4 Å². The third-order valence-corrected chi connectivity index (χ3v) is 1.54. The molecular weight excluding hydrogens is 203 g/mol. The summed E-state index contributed by atoms with van der Waals surface area (Å²) in [4.78, 5) is 0. The van der Waals surface area contributed by atoms with Gasteiger partial charge in [0.1, 0.15) is 0 Å². The molecule has 0 aromatic heterocycles. The molecule has 0 aliphatic heterocycles. The first-order chi connectivity index (χ1) is 5.55. The highest BCUT2D eigenvalue weighted by Gasteiger charge is 2.32. The maximum absolute atomic E-state index is 12.2. The Kier molecular flexibility index (Phi) is 4.23. The molecule has 1 aromatic rings. The monoisotopic (exact) mass is 211 g/mol. The van der Waals surface area contributed by atoms with Gasteiger partial charge in [0, 0.05) is 6.54 Å². The number of halogens is 4. The molecule has 0 fully saturated rings. The van der Waals surface area contributed by atoms with E-state index in [-0.39, 0.29) is 24.5 Å². The molecule has 0 spiro atoms. The van der Waals surface area contributed by atoms with Gasteiger partial charge in [-0.3, -0.25) is 0 Å². The molecule has 1 aromatic carbocycles. The standard InChI is InChI=1S/C8H8F3N.ClH/c9-8(10,11)7-4-2-1-3-6(7)5-12;/h1-4H,5,12H2;1H. The summed E-state index contributed by atoms with van der Waals surface area (Å²) in [6.07, 6.45) is -4.30. The van der Waals surface area contributed by atoms with Gasteiger partial charge >= 0.3 is 6.18 Å². The Balaban J connectivity index is 0.00000144. The molecule has 0 aliphatic rings. The fraction of sp³-hybridized carbons (Fsp3) is 0.250. The fourth-order valence-electron chi connectivity index (χ4n) is 0.975. The van der Waals surface area contributed by atoms with Gasteiger partial charge in [0.25, 0.3) is 0 Å². The van der Waals surface area contributed by atoms with Crippen LogP contribution in [0.3, 0.4) is 0 Å². The van der Waals surface area contributed by atoms with Gasteiger partial charge in [0.2, 0.25) is 0 Å². The number of nitrogens with two attached hydrogens (primary N) is 1. The highest BCUT2D eigenvalue weighted by atomic mass is 35.5. The normalized spacial score (nSPS) is 10.8. The Morgan fingerprint density at radius 1 is 1.15 bits per heavy atom. The molecule has 0 heterocycles. The molecule has 0 saturated carbocycles. The maximum atomic E-state index is 12.2. The van der Waals surface area contributed by atoms with E-state index in [0.717, 1.165) is 6.07 Å². The Morgan fingerprint density at radius 2 is 1.69 bits per heavy atom. The van der Waals surface area contributed by atoms with Crippen molar-refractivity contribution in [1.29, 1.82) is 0 Å². The molecule has 1 rings (SSSR count). The van der Waals surface area contributed by atoms with Crippen molar-refractivity contribution < 1.29 is 13.2 Å². The van der Waals surface area contributed by atoms with Crippen LogP contribution in [0.2, 0.25) is 0 Å². The summed E-state index contributed by atoms with van der Waals surface area (Å²) in [6, 6.07) is 5.30. The third kappa shape index (κ3) is 2.90. The Labute approximate surface area is 80.2 Å². The van der Waals surface area contributed by atoms with E-state index in [2.05, 4.69) is 0 Å². The van der Waals surface area contributed by atoms with Crippen LogP contribution < -0.4 is 5.73 Å². The molecule has 2 N–H and O–H groups in total. The van der Waals surface area contributed by atoms with E-state index in [9.17, 15) is 13.2 Å². The average Bonchev–Trinajstić information content (AvgIpc) is 2.03. The van der Waals surface area contributed by atoms with Gasteiger partial charge in [0.05, 0.1) is 5.56 Å². The molecule has 0 saturated heterocycles. The first-order valence-electron chi connectivity index (χ1n) is 3.41. The van der Waals surface area contributed by atoms with Crippen LogP contribution >= 0.6 is 12.4 Å². The van der Waals surface area contributed by atoms with Crippen molar-refractivity contribution in [2.24, 2.45) is 5.73 Å². The molecule has 0 amide bonds. The number of alkyl halides is 3. The fourth-order valence-corrected chi connectivity index (χ4v) is 0.975. The van der Waals surface area contributed by atoms with E-state index in [1.807, 2.05) is 0 Å². The number of hydrogen-bond acceptors (Lipinski definition) is 1. The average molecular weight is 212 g/mol. The molecule has 13 heavy (non-hydrogen) atoms. The minimum atomic E-state index is -4.30. The summed E-state index contributed by atoms with van der Waals surface area (Å²) in [5, 5.41) is 0. The minimum Gasteiger partial charge on any atom is -0.326 e. The lowest BCUT2D eigenvalue weighted by molar-refractivity contribution is -0.138. The SMILES string of the molecule is Cl.NCc1ccccc1C(F)(F)F. The van der Waals surface area contributed by atoms with Crippen molar-refractivity contribution in [2.75, 3.05) is 0 Å². The van der Waals surface area contributed by atoms with Gasteiger partial charge in [0.15, 0.2) is 0 Å². The van der Waals surface area contributed by atoms with Crippen molar-refractivity contribution in [2.45, 2.75) is 12.7 Å². The zero-order chi connectivity index (χ0) is 9.19. The van der Waals surface area contributed by atoms with Crippen LogP contribution in [0.15, 0.2) is 24.3 Å². The van der Waals surface area contributed by atoms with Gasteiger partial charge in [-0.15, -0.1) is 12.4 Å². The molecule has 0 radical (unpaired) electrons. The van der Waals surface area contributed by atoms with E-state index in [1.165, 1.54) is 18.2 Å². The van der Waals surface area contributed by atoms with Gasteiger partial charge in [-0.05, 0) is 11.6 Å². The zero-order valence-electron chi connectivity index (χ0n) is 6.64. The molecule has 1 nitrogen and oxygen atoms in total. The predicted molar refractivity (Wildman–Crippen MR) is 46.6 cm³/mol. The largest absolute Gasteiger partial charge is 0.416 e. The summed E-state index contributed by atoms with van der Waals surface area (Å²) < 4.78 is 36.5. The highest BCUT2D eigenvalue weighted by Crippen LogP contribution is 2.31. The van der Waals surface area contributed by atoms with Gasteiger partial charge in [-0.1, -0.05) is 18.2 Å². The van der Waals surface area contributed by atoms with E-state index in [1.54, 1.807) is 0 Å². The topological polar surface area (TPSA) is 26.0 Å². The van der Waals surface area contributed by atoms with Gasteiger partial charge < -0.3 is 5.73 Å². The van der Waals surface area contributed by atoms with E-state index in [4.69, 9.17) is 5.73 Å². The van der Waals surface area contributed by atoms with Crippen LogP contribution in [0.25, 0.3) is 0 Å². The third-order valence-electron chi connectivity index (χ3n) is 1.54. The number of benzene rings is 1. The van der Waals surface area contributed by atoms with Crippen LogP contribution in [-0.4, -0.2) is 0 Å². The molecule has 5 heteroatoms. The van der Waals surface area contributed by atoms with Gasteiger partial charge in [-0.25, -0.2) is 0 Å². The van der Waals surface area contributed by atoms with Crippen LogP contribution in [0.4, 0.5) is 13.2 Å². The van der Waals surface area contributed by atoms with Crippen LogP contribution in [0, 0.1) is 0 Å². The lowest BCUT2D eigenvalue weighted by atomic mass is 10.1. The Hall–Kier alpha value is -0.740. The van der Waals surface area contributed by atoms with E-state index in [0.29, 0.717) is 0 Å². The second-order valence-corrected chi connectivity index (χ2v) is 2.36. The van der Waals surface area contributed by atoms with Crippen molar-refractivity contribution >= 4 is 12.4 Å². The molecule has 0 unspecified atom stereocenters. The summed E-state index contributed by atoms with van der Waals surface area (Å²) >= 11 is 0. The molecular formula is C8H9ClF3N. The molecule has 0 bridgehead atoms. The maximum Gasteiger partial charge on any atom is 0.416 e. The van der Waals surface area contributed by atoms with Crippen LogP contribution in [0.1, 0.15) is 11.1 Å². The lowest BCUT2D eigenvalue weighted by Gasteiger charge is -2.10. The quantitative estimate of drug-likeness (QED) is 0.759. The summed E-state index contributed by atoms with van der Waals surface area (Å²) in [5.41, 5.74) is 4.63. The Morgan fingerprint density at radius 3 is 2.08 bits per heavy atom. The van der Waals surface area contributed by atoms with E-state index < -0.39 is 11.7 Å². The predicted octanol–water partition coefficient (Wildman–Crippen LogP) is 2.59. The highest BCUT2D eigenvalue weighted by molar-refractivity contribution is 5.85. The van der Waals surface area contributed by atoms with Crippen molar-refractivity contribution in [1.82, 2.24) is 0 Å². The Bertz CT molecular complexity index is 272. The van der Waals surface area contributed by atoms with E-state index >= 15 is 0 Å². The summed E-state index contributed by atoms with van der Waals surface area (Å²) in [6.45, 7) is -0.0876. The minimum absolute atomic E-state index is 0. The van der Waals surface area contributed by atoms with Crippen LogP contribution in [0.5, 0.6) is 0 Å². The summed E-state index contributed by atoms with van der Waals surface area (Å²) in [5.74, 6) is 0. The van der Waals surface area contributed by atoms with Crippen molar-refractivity contribution in [3.8, 4) is 0 Å². The zero-order valence-corrected chi connectivity index (χ0v) is 7.45. The van der Waals surface area contributed by atoms with Gasteiger partial charge in [-0.2, -0.15) is 13.2 Å². The van der Waals surface area contributed by atoms with Crippen LogP contribution in [-0.2, 0) is 12.7 Å². The lowest BCUT2D eigenvalue weighted by Crippen LogP contribution is -2.11. The summed E-state index contributed by atoms with van der Waals surface area (Å²) in [7, 11) is 0. The van der Waals surface area contributed by atoms with Crippen molar-refractivity contribution in [3.63, 3.8) is 0 Å². The molecule has 0 aliphatic carbocycles. The first kappa shape index (κ1) is 12.3. The smallest absolute Gasteiger partial charge is 0.326 e. The molecule has 74 valence electrons. The first-order valence-corrected chi connectivity index (χ1v) is 3.41. The molecule has 0 atom stereocenters. The second-order valence-electron chi connectivity index (χ2n) is 2.36. The number of hydrogen-bond donors (Lipinski definition) is 1. The number of rotatable bonds is 1. The second kappa shape index (κ2) is 4.48.